The van der Waals surface area contributed by atoms with Gasteiger partial charge in [-0.3, -0.25) is 4.98 Å². The van der Waals surface area contributed by atoms with Crippen molar-refractivity contribution in [1.29, 1.82) is 0 Å². The number of hydrogen-bond donors (Lipinski definition) is 1. The summed E-state index contributed by atoms with van der Waals surface area (Å²) in [5.74, 6) is 0.926. The largest absolute Gasteiger partial charge is 0.492 e. The maximum Gasteiger partial charge on any atom is 0.119 e. The Morgan fingerprint density at radius 2 is 2.11 bits per heavy atom. The van der Waals surface area contributed by atoms with E-state index in [1.165, 1.54) is 5.56 Å². The number of rotatable bonds is 6. The molecule has 0 unspecified atom stereocenters. The van der Waals surface area contributed by atoms with Crippen molar-refractivity contribution in [1.82, 2.24) is 10.3 Å². The van der Waals surface area contributed by atoms with Gasteiger partial charge in [0.05, 0.1) is 5.69 Å². The van der Waals surface area contributed by atoms with E-state index in [2.05, 4.69) is 23.3 Å². The second-order valence-corrected chi connectivity index (χ2v) is 4.16. The summed E-state index contributed by atoms with van der Waals surface area (Å²) in [5.41, 5.74) is 2.27. The van der Waals surface area contributed by atoms with Gasteiger partial charge in [-0.2, -0.15) is 0 Å². The van der Waals surface area contributed by atoms with Gasteiger partial charge in [0.25, 0.3) is 0 Å². The summed E-state index contributed by atoms with van der Waals surface area (Å²) in [5, 5.41) is 3.30. The summed E-state index contributed by atoms with van der Waals surface area (Å²) in [6.45, 7) is 4.31. The molecular weight excluding hydrogens is 224 g/mol. The Hall–Kier alpha value is -1.87. The molecule has 18 heavy (non-hydrogen) atoms. The van der Waals surface area contributed by atoms with Crippen molar-refractivity contribution in [2.24, 2.45) is 0 Å². The van der Waals surface area contributed by atoms with Crippen LogP contribution in [0, 0.1) is 6.92 Å². The van der Waals surface area contributed by atoms with Crippen LogP contribution in [0.4, 0.5) is 0 Å². The highest BCUT2D eigenvalue weighted by Crippen LogP contribution is 2.11. The molecule has 1 N–H and O–H groups in total. The van der Waals surface area contributed by atoms with Crippen LogP contribution >= 0.6 is 0 Å². The van der Waals surface area contributed by atoms with E-state index in [0.29, 0.717) is 6.61 Å². The van der Waals surface area contributed by atoms with E-state index in [-0.39, 0.29) is 0 Å². The van der Waals surface area contributed by atoms with E-state index >= 15 is 0 Å². The lowest BCUT2D eigenvalue weighted by Gasteiger charge is -2.07. The van der Waals surface area contributed by atoms with Crippen LogP contribution in [-0.4, -0.2) is 18.1 Å². The lowest BCUT2D eigenvalue weighted by molar-refractivity contribution is 0.313. The molecule has 1 aromatic heterocycles. The third-order valence-electron chi connectivity index (χ3n) is 2.57. The Morgan fingerprint density at radius 3 is 2.89 bits per heavy atom. The number of hydrogen-bond acceptors (Lipinski definition) is 3. The van der Waals surface area contributed by atoms with Crippen LogP contribution in [0.25, 0.3) is 0 Å². The molecule has 0 fully saturated rings. The number of aromatic nitrogens is 1. The fourth-order valence-electron chi connectivity index (χ4n) is 1.67. The molecule has 0 aliphatic carbocycles. The van der Waals surface area contributed by atoms with E-state index in [0.717, 1.165) is 24.5 Å². The van der Waals surface area contributed by atoms with Crippen LogP contribution in [-0.2, 0) is 6.54 Å². The molecule has 0 saturated carbocycles. The monoisotopic (exact) mass is 242 g/mol. The van der Waals surface area contributed by atoms with Crippen molar-refractivity contribution in [2.75, 3.05) is 13.2 Å². The molecule has 0 spiro atoms. The van der Waals surface area contributed by atoms with Crippen molar-refractivity contribution < 1.29 is 4.74 Å². The van der Waals surface area contributed by atoms with Crippen LogP contribution in [0.2, 0.25) is 0 Å². The van der Waals surface area contributed by atoms with Gasteiger partial charge in [0.1, 0.15) is 12.4 Å². The average molecular weight is 242 g/mol. The van der Waals surface area contributed by atoms with E-state index < -0.39 is 0 Å². The van der Waals surface area contributed by atoms with Crippen molar-refractivity contribution in [3.05, 3.63) is 59.9 Å². The Labute approximate surface area is 108 Å². The van der Waals surface area contributed by atoms with Crippen molar-refractivity contribution >= 4 is 0 Å². The smallest absolute Gasteiger partial charge is 0.119 e. The summed E-state index contributed by atoms with van der Waals surface area (Å²) in [6, 6.07) is 14.0. The molecule has 0 saturated heterocycles. The zero-order chi connectivity index (χ0) is 12.6. The first-order valence-corrected chi connectivity index (χ1v) is 6.15. The van der Waals surface area contributed by atoms with E-state index in [1.54, 1.807) is 6.20 Å². The van der Waals surface area contributed by atoms with Crippen molar-refractivity contribution in [3.8, 4) is 5.75 Å². The summed E-state index contributed by atoms with van der Waals surface area (Å²) in [6.07, 6.45) is 1.81. The van der Waals surface area contributed by atoms with Crippen molar-refractivity contribution in [3.63, 3.8) is 0 Å². The quantitative estimate of drug-likeness (QED) is 0.790. The molecule has 0 aliphatic rings. The third kappa shape index (κ3) is 4.18. The molecule has 0 aliphatic heterocycles. The highest BCUT2D eigenvalue weighted by Gasteiger charge is 1.95. The molecule has 2 aromatic rings. The van der Waals surface area contributed by atoms with E-state index in [9.17, 15) is 0 Å². The van der Waals surface area contributed by atoms with Crippen LogP contribution in [0.3, 0.4) is 0 Å². The molecule has 94 valence electrons. The molecule has 3 nitrogen and oxygen atoms in total. The highest BCUT2D eigenvalue weighted by molar-refractivity contribution is 5.27. The van der Waals surface area contributed by atoms with Gasteiger partial charge >= 0.3 is 0 Å². The molecule has 3 heteroatoms. The molecule has 0 amide bonds. The molecule has 2 rings (SSSR count). The minimum atomic E-state index is 0.663. The standard InChI is InChI=1S/C15H18N2O/c1-13-5-4-7-15(11-13)18-10-9-16-12-14-6-2-3-8-17-14/h2-8,11,16H,9-10,12H2,1H3. The molecule has 0 bridgehead atoms. The third-order valence-corrected chi connectivity index (χ3v) is 2.57. The minimum Gasteiger partial charge on any atom is -0.492 e. The second-order valence-electron chi connectivity index (χ2n) is 4.16. The first kappa shape index (κ1) is 12.6. The maximum atomic E-state index is 5.64. The van der Waals surface area contributed by atoms with E-state index in [1.807, 2.05) is 36.4 Å². The SMILES string of the molecule is Cc1cccc(OCCNCc2ccccn2)c1. The zero-order valence-electron chi connectivity index (χ0n) is 10.6. The topological polar surface area (TPSA) is 34.1 Å². The fraction of sp³-hybridized carbons (Fsp3) is 0.267. The van der Waals surface area contributed by atoms with Crippen LogP contribution in [0.15, 0.2) is 48.7 Å². The Bertz CT molecular complexity index is 471. The van der Waals surface area contributed by atoms with Gasteiger partial charge in [0.2, 0.25) is 0 Å². The molecule has 1 heterocycles. The zero-order valence-corrected chi connectivity index (χ0v) is 10.6. The number of benzene rings is 1. The minimum absolute atomic E-state index is 0.663. The summed E-state index contributed by atoms with van der Waals surface area (Å²) in [4.78, 5) is 4.24. The second kappa shape index (κ2) is 6.77. The van der Waals surface area contributed by atoms with Crippen LogP contribution < -0.4 is 10.1 Å². The number of nitrogens with one attached hydrogen (secondary N) is 1. The molecular formula is C15H18N2O. The van der Waals surface area contributed by atoms with Gasteiger partial charge in [-0.15, -0.1) is 0 Å². The Kier molecular flexibility index (Phi) is 4.73. The number of aryl methyl sites for hydroxylation is 1. The van der Waals surface area contributed by atoms with Gasteiger partial charge in [0, 0.05) is 19.3 Å². The fourth-order valence-corrected chi connectivity index (χ4v) is 1.67. The predicted octanol–water partition coefficient (Wildman–Crippen LogP) is 2.56. The van der Waals surface area contributed by atoms with Gasteiger partial charge < -0.3 is 10.1 Å². The Morgan fingerprint density at radius 1 is 1.17 bits per heavy atom. The molecule has 1 aromatic carbocycles. The van der Waals surface area contributed by atoms with Crippen molar-refractivity contribution in [2.45, 2.75) is 13.5 Å². The number of pyridine rings is 1. The van der Waals surface area contributed by atoms with Gasteiger partial charge in [-0.1, -0.05) is 18.2 Å². The Balaban J connectivity index is 1.65. The number of nitrogens with zero attached hydrogens (tertiary/aromatic N) is 1. The molecule has 0 radical (unpaired) electrons. The maximum absolute atomic E-state index is 5.64. The van der Waals surface area contributed by atoms with Crippen LogP contribution in [0.5, 0.6) is 5.75 Å². The highest BCUT2D eigenvalue weighted by atomic mass is 16.5. The van der Waals surface area contributed by atoms with Gasteiger partial charge in [0.15, 0.2) is 0 Å². The summed E-state index contributed by atoms with van der Waals surface area (Å²) in [7, 11) is 0. The summed E-state index contributed by atoms with van der Waals surface area (Å²) < 4.78 is 5.64. The predicted molar refractivity (Wildman–Crippen MR) is 72.6 cm³/mol. The van der Waals surface area contributed by atoms with Gasteiger partial charge in [-0.25, -0.2) is 0 Å². The van der Waals surface area contributed by atoms with Gasteiger partial charge in [-0.05, 0) is 36.8 Å². The molecule has 0 atom stereocenters. The lowest BCUT2D eigenvalue weighted by Crippen LogP contribution is -2.21. The lowest BCUT2D eigenvalue weighted by atomic mass is 10.2. The number of ether oxygens (including phenoxy) is 1. The summed E-state index contributed by atoms with van der Waals surface area (Å²) >= 11 is 0. The average Bonchev–Trinajstić information content (AvgIpc) is 2.40. The van der Waals surface area contributed by atoms with E-state index in [4.69, 9.17) is 4.74 Å². The first-order chi connectivity index (χ1) is 8.84. The first-order valence-electron chi connectivity index (χ1n) is 6.15. The normalized spacial score (nSPS) is 10.3. The van der Waals surface area contributed by atoms with Crippen LogP contribution in [0.1, 0.15) is 11.3 Å².